The molecule has 9 nitrogen and oxygen atoms in total. The number of fused-ring (bicyclic) bond motifs is 1. The molecule has 10 heteroatoms. The number of carbonyl (C=O) groups is 2. The largest absolute Gasteiger partial charge is 0.486 e. The van der Waals surface area contributed by atoms with Gasteiger partial charge in [-0.3, -0.25) is 14.9 Å². The summed E-state index contributed by atoms with van der Waals surface area (Å²) in [5, 5.41) is 11.8. The van der Waals surface area contributed by atoms with Crippen LogP contribution < -0.4 is 9.47 Å². The molecule has 0 aliphatic carbocycles. The molecule has 184 valence electrons. The van der Waals surface area contributed by atoms with Crippen molar-refractivity contribution >= 4 is 35.4 Å². The van der Waals surface area contributed by atoms with Gasteiger partial charge in [-0.25, -0.2) is 4.79 Å². The number of carbonyl (C=O) groups excluding carboxylic acids is 2. The van der Waals surface area contributed by atoms with Gasteiger partial charge >= 0.3 is 5.97 Å². The number of piperidine rings is 1. The van der Waals surface area contributed by atoms with Crippen molar-refractivity contribution in [2.75, 3.05) is 26.4 Å². The van der Waals surface area contributed by atoms with Crippen molar-refractivity contribution in [1.82, 2.24) is 4.90 Å². The summed E-state index contributed by atoms with van der Waals surface area (Å²) in [4.78, 5) is 39.1. The van der Waals surface area contributed by atoms with Crippen molar-refractivity contribution in [2.45, 2.75) is 42.0 Å². The second kappa shape index (κ2) is 11.3. The quantitative estimate of drug-likeness (QED) is 0.238. The highest BCUT2D eigenvalue weighted by Crippen LogP contribution is 2.40. The zero-order valence-electron chi connectivity index (χ0n) is 19.3. The van der Waals surface area contributed by atoms with Crippen LogP contribution in [0.4, 0.5) is 5.69 Å². The maximum Gasteiger partial charge on any atom is 0.328 e. The van der Waals surface area contributed by atoms with Crippen LogP contribution in [0, 0.1) is 10.1 Å². The van der Waals surface area contributed by atoms with E-state index in [1.165, 1.54) is 34.9 Å². The molecule has 0 spiro atoms. The van der Waals surface area contributed by atoms with Gasteiger partial charge in [0, 0.05) is 23.6 Å². The van der Waals surface area contributed by atoms with E-state index < -0.39 is 16.9 Å². The number of benzene rings is 2. The van der Waals surface area contributed by atoms with Gasteiger partial charge in [-0.05, 0) is 62.1 Å². The first-order chi connectivity index (χ1) is 17.0. The molecule has 2 aliphatic rings. The maximum absolute atomic E-state index is 12.8. The van der Waals surface area contributed by atoms with Crippen molar-refractivity contribution in [3.8, 4) is 11.5 Å². The van der Waals surface area contributed by atoms with E-state index in [1.807, 2.05) is 6.07 Å². The van der Waals surface area contributed by atoms with Gasteiger partial charge in [-0.15, -0.1) is 0 Å². The molecular formula is C25H26N2O7S. The molecule has 1 amide bonds. The topological polar surface area (TPSA) is 108 Å². The maximum atomic E-state index is 12.8. The third-order valence-corrected chi connectivity index (χ3v) is 6.74. The molecule has 2 aliphatic heterocycles. The van der Waals surface area contributed by atoms with Crippen molar-refractivity contribution < 1.29 is 28.7 Å². The summed E-state index contributed by atoms with van der Waals surface area (Å²) < 4.78 is 16.2. The van der Waals surface area contributed by atoms with Crippen LogP contribution in [0.2, 0.25) is 0 Å². The Kier molecular flexibility index (Phi) is 7.91. The van der Waals surface area contributed by atoms with Gasteiger partial charge in [0.25, 0.3) is 5.69 Å². The van der Waals surface area contributed by atoms with Crippen LogP contribution in [-0.2, 0) is 14.3 Å². The van der Waals surface area contributed by atoms with Crippen molar-refractivity contribution in [2.24, 2.45) is 0 Å². The van der Waals surface area contributed by atoms with Crippen LogP contribution in [-0.4, -0.2) is 54.1 Å². The zero-order valence-corrected chi connectivity index (χ0v) is 20.1. The molecule has 0 saturated carbocycles. The van der Waals surface area contributed by atoms with Gasteiger partial charge < -0.3 is 19.1 Å². The van der Waals surface area contributed by atoms with E-state index >= 15 is 0 Å². The molecule has 0 radical (unpaired) electrons. The average molecular weight is 499 g/mol. The highest BCUT2D eigenvalue weighted by atomic mass is 32.2. The van der Waals surface area contributed by atoms with Crippen molar-refractivity contribution in [3.05, 3.63) is 58.2 Å². The van der Waals surface area contributed by atoms with E-state index in [1.54, 1.807) is 31.2 Å². The summed E-state index contributed by atoms with van der Waals surface area (Å²) in [5.74, 6) is 0.546. The molecule has 2 heterocycles. The number of amides is 1. The summed E-state index contributed by atoms with van der Waals surface area (Å²) in [6.45, 7) is 3.41. The van der Waals surface area contributed by atoms with Crippen LogP contribution in [0.25, 0.3) is 6.08 Å². The molecule has 35 heavy (non-hydrogen) atoms. The van der Waals surface area contributed by atoms with Gasteiger partial charge in [-0.1, -0.05) is 17.8 Å². The SMILES string of the molecule is CCOC(=O)C1CCCCN1C(=O)C=Cc1ccc(Sc2ccc3c(c2)OCCO3)c([N+](=O)[O-])c1. The molecule has 1 fully saturated rings. The average Bonchev–Trinajstić information content (AvgIpc) is 2.87. The lowest BCUT2D eigenvalue weighted by atomic mass is 10.0. The molecule has 4 rings (SSSR count). The fourth-order valence-electron chi connectivity index (χ4n) is 4.02. The minimum absolute atomic E-state index is 0.0677. The molecule has 1 atom stereocenters. The van der Waals surface area contributed by atoms with Gasteiger partial charge in [0.15, 0.2) is 11.5 Å². The Bertz CT molecular complexity index is 1150. The van der Waals surface area contributed by atoms with Crippen LogP contribution in [0.15, 0.2) is 52.3 Å². The third-order valence-electron chi connectivity index (χ3n) is 5.68. The van der Waals surface area contributed by atoms with Crippen LogP contribution in [0.5, 0.6) is 11.5 Å². The molecule has 1 saturated heterocycles. The highest BCUT2D eigenvalue weighted by Gasteiger charge is 2.32. The van der Waals surface area contributed by atoms with Gasteiger partial charge in [-0.2, -0.15) is 0 Å². The summed E-state index contributed by atoms with van der Waals surface area (Å²) in [6.07, 6.45) is 5.11. The number of nitrogens with zero attached hydrogens (tertiary/aromatic N) is 2. The minimum Gasteiger partial charge on any atom is -0.486 e. The molecular weight excluding hydrogens is 472 g/mol. The highest BCUT2D eigenvalue weighted by molar-refractivity contribution is 7.99. The number of likely N-dealkylation sites (tertiary alicyclic amines) is 1. The van der Waals surface area contributed by atoms with Crippen LogP contribution in [0.3, 0.4) is 0 Å². The van der Waals surface area contributed by atoms with Gasteiger partial charge in [0.2, 0.25) is 5.91 Å². The Hall–Kier alpha value is -3.53. The van der Waals surface area contributed by atoms with Gasteiger partial charge in [0.1, 0.15) is 19.3 Å². The first-order valence-corrected chi connectivity index (χ1v) is 12.3. The summed E-state index contributed by atoms with van der Waals surface area (Å²) in [6, 6.07) is 9.63. The Morgan fingerprint density at radius 2 is 1.97 bits per heavy atom. The van der Waals surface area contributed by atoms with Crippen molar-refractivity contribution in [1.29, 1.82) is 0 Å². The molecule has 2 aromatic rings. The van der Waals surface area contributed by atoms with E-state index in [0.29, 0.717) is 48.1 Å². The first kappa shape index (κ1) is 24.6. The lowest BCUT2D eigenvalue weighted by molar-refractivity contribution is -0.387. The number of hydrogen-bond acceptors (Lipinski definition) is 8. The second-order valence-electron chi connectivity index (χ2n) is 8.02. The molecule has 0 bridgehead atoms. The lowest BCUT2D eigenvalue weighted by Crippen LogP contribution is -2.48. The Morgan fingerprint density at radius 3 is 2.74 bits per heavy atom. The third kappa shape index (κ3) is 5.94. The predicted octanol–water partition coefficient (Wildman–Crippen LogP) is 4.47. The number of hydrogen-bond donors (Lipinski definition) is 0. The van der Waals surface area contributed by atoms with Gasteiger partial charge in [0.05, 0.1) is 16.4 Å². The number of esters is 1. The summed E-state index contributed by atoms with van der Waals surface area (Å²) in [7, 11) is 0. The number of rotatable bonds is 7. The Balaban J connectivity index is 1.50. The lowest BCUT2D eigenvalue weighted by Gasteiger charge is -2.33. The summed E-state index contributed by atoms with van der Waals surface area (Å²) in [5.41, 5.74) is 0.447. The van der Waals surface area contributed by atoms with E-state index in [-0.39, 0.29) is 18.2 Å². The van der Waals surface area contributed by atoms with E-state index in [0.717, 1.165) is 17.7 Å². The molecule has 2 aromatic carbocycles. The fraction of sp³-hybridized carbons (Fsp3) is 0.360. The molecule has 0 N–H and O–H groups in total. The molecule has 1 unspecified atom stereocenters. The smallest absolute Gasteiger partial charge is 0.328 e. The monoisotopic (exact) mass is 498 g/mol. The zero-order chi connectivity index (χ0) is 24.8. The minimum atomic E-state index is -0.597. The van der Waals surface area contributed by atoms with E-state index in [9.17, 15) is 19.7 Å². The van der Waals surface area contributed by atoms with Crippen molar-refractivity contribution in [3.63, 3.8) is 0 Å². The normalized spacial score (nSPS) is 17.3. The number of nitro benzene ring substituents is 1. The first-order valence-electron chi connectivity index (χ1n) is 11.5. The van der Waals surface area contributed by atoms with E-state index in [4.69, 9.17) is 14.2 Å². The standard InChI is InChI=1S/C25H26N2O7S/c1-2-32-25(29)19-5-3-4-12-26(19)24(28)11-7-17-6-10-23(20(15-17)27(30)31)35-18-8-9-21-22(16-18)34-14-13-33-21/h6-11,15-16,19H,2-5,12-14H2,1H3. The Morgan fingerprint density at radius 1 is 1.17 bits per heavy atom. The Labute approximate surface area is 207 Å². The van der Waals surface area contributed by atoms with Crippen LogP contribution in [0.1, 0.15) is 31.7 Å². The van der Waals surface area contributed by atoms with Crippen LogP contribution >= 0.6 is 11.8 Å². The second-order valence-corrected chi connectivity index (χ2v) is 9.14. The summed E-state index contributed by atoms with van der Waals surface area (Å²) >= 11 is 1.25. The number of nitro groups is 1. The predicted molar refractivity (Wildman–Crippen MR) is 130 cm³/mol. The number of ether oxygens (including phenoxy) is 3. The fourth-order valence-corrected chi connectivity index (χ4v) is 4.95. The van der Waals surface area contributed by atoms with E-state index in [2.05, 4.69) is 0 Å². The molecule has 0 aromatic heterocycles.